The number of nitrogens with zero attached hydrogens (tertiary/aromatic N) is 5. The third kappa shape index (κ3) is 2.83. The van der Waals surface area contributed by atoms with Crippen LogP contribution in [0.15, 0.2) is 45.7 Å². The van der Waals surface area contributed by atoms with E-state index < -0.39 is 0 Å². The molecule has 0 saturated carbocycles. The fraction of sp³-hybridized carbons (Fsp3) is 0.133. The number of hydrogen-bond acceptors (Lipinski definition) is 7. The molecule has 120 valence electrons. The molecule has 0 bridgehead atoms. The summed E-state index contributed by atoms with van der Waals surface area (Å²) in [4.78, 5) is 19.3. The first kappa shape index (κ1) is 15.0. The zero-order chi connectivity index (χ0) is 16.5. The van der Waals surface area contributed by atoms with Gasteiger partial charge in [-0.2, -0.15) is 4.68 Å². The number of rotatable bonds is 4. The van der Waals surface area contributed by atoms with Crippen molar-refractivity contribution in [2.24, 2.45) is 0 Å². The summed E-state index contributed by atoms with van der Waals surface area (Å²) in [6.45, 7) is 2.02. The predicted octanol–water partition coefficient (Wildman–Crippen LogP) is 2.56. The van der Waals surface area contributed by atoms with Crippen LogP contribution in [0, 0.1) is 6.92 Å². The van der Waals surface area contributed by atoms with E-state index in [9.17, 15) is 4.79 Å². The van der Waals surface area contributed by atoms with Crippen LogP contribution < -0.4 is 5.56 Å². The van der Waals surface area contributed by atoms with Gasteiger partial charge in [-0.3, -0.25) is 4.79 Å². The highest BCUT2D eigenvalue weighted by molar-refractivity contribution is 7.98. The summed E-state index contributed by atoms with van der Waals surface area (Å²) in [5.41, 5.74) is 2.64. The van der Waals surface area contributed by atoms with Gasteiger partial charge in [0.05, 0.1) is 17.0 Å². The molecule has 7 nitrogen and oxygen atoms in total. The summed E-state index contributed by atoms with van der Waals surface area (Å²) in [5, 5.41) is 14.4. The Labute approximate surface area is 144 Å². The van der Waals surface area contributed by atoms with Crippen molar-refractivity contribution in [3.63, 3.8) is 0 Å². The topological polar surface area (TPSA) is 89.3 Å². The largest absolute Gasteiger partial charge is 0.309 e. The molecule has 4 rings (SSSR count). The molecule has 0 saturated heterocycles. The molecule has 4 aromatic rings. The fourth-order valence-electron chi connectivity index (χ4n) is 2.31. The van der Waals surface area contributed by atoms with Crippen LogP contribution in [0.4, 0.5) is 0 Å². The van der Waals surface area contributed by atoms with E-state index in [0.29, 0.717) is 21.4 Å². The Bertz CT molecular complexity index is 1070. The van der Waals surface area contributed by atoms with Gasteiger partial charge in [0.2, 0.25) is 5.16 Å². The molecule has 0 aliphatic carbocycles. The molecule has 0 aliphatic rings. The summed E-state index contributed by atoms with van der Waals surface area (Å²) in [5.74, 6) is 1.09. The Morgan fingerprint density at radius 2 is 2.25 bits per heavy atom. The fourth-order valence-corrected chi connectivity index (χ4v) is 3.80. The van der Waals surface area contributed by atoms with Gasteiger partial charge >= 0.3 is 0 Å². The summed E-state index contributed by atoms with van der Waals surface area (Å²) < 4.78 is 2.33. The number of aromatic nitrogens is 6. The smallest absolute Gasteiger partial charge is 0.268 e. The lowest BCUT2D eigenvalue weighted by Crippen LogP contribution is -2.09. The minimum absolute atomic E-state index is 0.108. The number of thioether (sulfide) groups is 1. The quantitative estimate of drug-likeness (QED) is 0.565. The van der Waals surface area contributed by atoms with Crippen LogP contribution >= 0.6 is 23.1 Å². The maximum Gasteiger partial charge on any atom is 0.268 e. The van der Waals surface area contributed by atoms with Gasteiger partial charge in [0.1, 0.15) is 10.5 Å². The van der Waals surface area contributed by atoms with Crippen LogP contribution in [0.2, 0.25) is 0 Å². The van der Waals surface area contributed by atoms with Crippen molar-refractivity contribution in [2.75, 3.05) is 0 Å². The van der Waals surface area contributed by atoms with Crippen molar-refractivity contribution in [3.8, 4) is 5.69 Å². The third-order valence-electron chi connectivity index (χ3n) is 3.39. The van der Waals surface area contributed by atoms with Gasteiger partial charge in [0.15, 0.2) is 0 Å². The molecule has 24 heavy (non-hydrogen) atoms. The van der Waals surface area contributed by atoms with E-state index in [1.807, 2.05) is 42.6 Å². The molecule has 1 N–H and O–H groups in total. The first-order valence-electron chi connectivity index (χ1n) is 7.15. The average Bonchev–Trinajstić information content (AvgIpc) is 3.22. The van der Waals surface area contributed by atoms with Gasteiger partial charge in [-0.05, 0) is 46.5 Å². The zero-order valence-corrected chi connectivity index (χ0v) is 14.3. The van der Waals surface area contributed by atoms with Gasteiger partial charge in [-0.25, -0.2) is 4.98 Å². The van der Waals surface area contributed by atoms with E-state index in [4.69, 9.17) is 0 Å². The van der Waals surface area contributed by atoms with Crippen molar-refractivity contribution >= 4 is 33.3 Å². The van der Waals surface area contributed by atoms with Gasteiger partial charge in [0, 0.05) is 0 Å². The van der Waals surface area contributed by atoms with Crippen molar-refractivity contribution < 1.29 is 0 Å². The molecular weight excluding hydrogens is 344 g/mol. The summed E-state index contributed by atoms with van der Waals surface area (Å²) in [7, 11) is 0. The van der Waals surface area contributed by atoms with Crippen molar-refractivity contribution in [3.05, 3.63) is 57.5 Å². The zero-order valence-electron chi connectivity index (χ0n) is 12.6. The molecule has 0 aliphatic heterocycles. The molecule has 0 fully saturated rings. The maximum absolute atomic E-state index is 12.0. The lowest BCUT2D eigenvalue weighted by molar-refractivity contribution is 0.755. The second-order valence-electron chi connectivity index (χ2n) is 5.15. The molecular formula is C15H12N6OS2. The minimum atomic E-state index is -0.108. The molecule has 0 amide bonds. The summed E-state index contributed by atoms with van der Waals surface area (Å²) >= 11 is 2.82. The van der Waals surface area contributed by atoms with Crippen LogP contribution in [-0.2, 0) is 5.75 Å². The van der Waals surface area contributed by atoms with Gasteiger partial charge < -0.3 is 4.98 Å². The van der Waals surface area contributed by atoms with Gasteiger partial charge in [-0.1, -0.05) is 23.9 Å². The van der Waals surface area contributed by atoms with E-state index in [2.05, 4.69) is 25.5 Å². The van der Waals surface area contributed by atoms with Crippen LogP contribution in [0.1, 0.15) is 11.4 Å². The van der Waals surface area contributed by atoms with Crippen molar-refractivity contribution in [1.29, 1.82) is 0 Å². The first-order valence-corrected chi connectivity index (χ1v) is 9.02. The minimum Gasteiger partial charge on any atom is -0.309 e. The standard InChI is InChI=1S/C15H12N6OS2/c1-9-3-2-4-10(7-9)21-15(18-19-20-21)24-8-12-16-11-5-6-23-13(11)14(22)17-12/h2-7H,8H2,1H3,(H,16,17,22). The maximum atomic E-state index is 12.0. The lowest BCUT2D eigenvalue weighted by Gasteiger charge is -2.05. The van der Waals surface area contributed by atoms with E-state index in [1.165, 1.54) is 23.1 Å². The Hall–Kier alpha value is -2.52. The normalized spacial score (nSPS) is 11.2. The highest BCUT2D eigenvalue weighted by Crippen LogP contribution is 2.22. The molecule has 0 radical (unpaired) electrons. The number of nitrogens with one attached hydrogen (secondary N) is 1. The monoisotopic (exact) mass is 356 g/mol. The Morgan fingerprint density at radius 3 is 3.12 bits per heavy atom. The third-order valence-corrected chi connectivity index (χ3v) is 5.22. The summed E-state index contributed by atoms with van der Waals surface area (Å²) in [6.07, 6.45) is 0. The molecule has 3 heterocycles. The Kier molecular flexibility index (Phi) is 3.87. The van der Waals surface area contributed by atoms with Gasteiger partial charge in [-0.15, -0.1) is 16.4 Å². The number of fused-ring (bicyclic) bond motifs is 1. The van der Waals surface area contributed by atoms with Gasteiger partial charge in [0.25, 0.3) is 5.56 Å². The molecule has 3 aromatic heterocycles. The van der Waals surface area contributed by atoms with E-state index in [1.54, 1.807) is 4.68 Å². The molecule has 9 heteroatoms. The van der Waals surface area contributed by atoms with Crippen LogP contribution in [-0.4, -0.2) is 30.2 Å². The highest BCUT2D eigenvalue weighted by atomic mass is 32.2. The SMILES string of the molecule is Cc1cccc(-n2nnnc2SCc2nc3ccsc3c(=O)[nH]2)c1. The number of H-pyrrole nitrogens is 1. The number of benzene rings is 1. The second-order valence-corrected chi connectivity index (χ2v) is 7.01. The van der Waals surface area contributed by atoms with Crippen LogP contribution in [0.25, 0.3) is 15.9 Å². The number of thiophene rings is 1. The van der Waals surface area contributed by atoms with E-state index in [0.717, 1.165) is 16.8 Å². The number of tetrazole rings is 1. The number of hydrogen-bond donors (Lipinski definition) is 1. The highest BCUT2D eigenvalue weighted by Gasteiger charge is 2.11. The molecule has 0 atom stereocenters. The number of aryl methyl sites for hydroxylation is 1. The molecule has 0 spiro atoms. The van der Waals surface area contributed by atoms with Crippen molar-refractivity contribution in [1.82, 2.24) is 30.2 Å². The van der Waals surface area contributed by atoms with Crippen LogP contribution in [0.5, 0.6) is 0 Å². The second kappa shape index (κ2) is 6.17. The molecule has 1 aromatic carbocycles. The van der Waals surface area contributed by atoms with E-state index >= 15 is 0 Å². The summed E-state index contributed by atoms with van der Waals surface area (Å²) in [6, 6.07) is 9.79. The Morgan fingerprint density at radius 1 is 1.33 bits per heavy atom. The Balaban J connectivity index is 1.60. The predicted molar refractivity (Wildman–Crippen MR) is 93.7 cm³/mol. The average molecular weight is 356 g/mol. The lowest BCUT2D eigenvalue weighted by atomic mass is 10.2. The van der Waals surface area contributed by atoms with E-state index in [-0.39, 0.29) is 5.56 Å². The molecule has 0 unspecified atom stereocenters. The van der Waals surface area contributed by atoms with Crippen molar-refractivity contribution in [2.45, 2.75) is 17.8 Å². The first-order chi connectivity index (χ1) is 11.7. The number of aromatic amines is 1. The van der Waals surface area contributed by atoms with Crippen LogP contribution in [0.3, 0.4) is 0 Å².